The zero-order valence-corrected chi connectivity index (χ0v) is 27.4. The minimum absolute atomic E-state index is 0.132. The second-order valence-electron chi connectivity index (χ2n) is 14.2. The van der Waals surface area contributed by atoms with E-state index in [9.17, 15) is 18.0 Å². The number of hydrogen-bond acceptors (Lipinski definition) is 7. The molecule has 0 saturated heterocycles. The summed E-state index contributed by atoms with van der Waals surface area (Å²) in [7, 11) is 0. The van der Waals surface area contributed by atoms with Crippen LogP contribution in [0.4, 0.5) is 24.9 Å². The quantitative estimate of drug-likeness (QED) is 0.157. The molecule has 1 aromatic carbocycles. The van der Waals surface area contributed by atoms with Gasteiger partial charge in [0, 0.05) is 49.5 Å². The number of Topliss-reactive ketones (excluding diaryl/α,β-unsaturated/α-hetero) is 1. The van der Waals surface area contributed by atoms with Crippen LogP contribution in [0.5, 0.6) is 0 Å². The van der Waals surface area contributed by atoms with Gasteiger partial charge in [-0.25, -0.2) is 19.6 Å². The third-order valence-electron chi connectivity index (χ3n) is 8.71. The Kier molecular flexibility index (Phi) is 8.31. The van der Waals surface area contributed by atoms with Gasteiger partial charge in [0.25, 0.3) is 0 Å². The molecule has 0 bridgehead atoms. The third kappa shape index (κ3) is 7.18. The molecule has 0 spiro atoms. The number of hydrogen-bond donors (Lipinski definition) is 0. The number of nitrogens with zero attached hydrogens (tertiary/aromatic N) is 7. The number of benzene rings is 1. The number of carbonyl (C=O) groups is 1. The smallest absolute Gasteiger partial charge is 0.356 e. The van der Waals surface area contributed by atoms with E-state index in [1.807, 2.05) is 16.5 Å². The molecule has 3 aromatic heterocycles. The Morgan fingerprint density at radius 2 is 1.54 bits per heavy atom. The fraction of sp³-hybridized carbons (Fsp3) is 0.514. The molecule has 3 heterocycles. The number of aryl methyl sites for hydroxylation is 2. The lowest BCUT2D eigenvalue weighted by Crippen LogP contribution is -2.32. The Labute approximate surface area is 268 Å². The topological polar surface area (TPSA) is 80.0 Å². The predicted octanol–water partition coefficient (Wildman–Crippen LogP) is 7.65. The van der Waals surface area contributed by atoms with Gasteiger partial charge in [-0.05, 0) is 103 Å². The van der Waals surface area contributed by atoms with Crippen molar-refractivity contribution in [3.63, 3.8) is 0 Å². The van der Waals surface area contributed by atoms with Crippen molar-refractivity contribution in [3.8, 4) is 0 Å². The molecule has 6 rings (SSSR count). The summed E-state index contributed by atoms with van der Waals surface area (Å²) in [6.07, 6.45) is 3.29. The fourth-order valence-corrected chi connectivity index (χ4v) is 5.95. The van der Waals surface area contributed by atoms with E-state index in [0.29, 0.717) is 41.0 Å². The zero-order valence-electron chi connectivity index (χ0n) is 27.4. The lowest BCUT2D eigenvalue weighted by atomic mass is 10.1. The molecule has 2 aliphatic rings. The number of aromatic nitrogens is 5. The first-order chi connectivity index (χ1) is 21.7. The Balaban J connectivity index is 1.48. The summed E-state index contributed by atoms with van der Waals surface area (Å²) in [5.74, 6) is 2.30. The van der Waals surface area contributed by atoms with Crippen LogP contribution >= 0.6 is 0 Å². The number of rotatable bonds is 11. The highest BCUT2D eigenvalue weighted by Crippen LogP contribution is 2.38. The third-order valence-corrected chi connectivity index (χ3v) is 8.71. The number of ketones is 1. The van der Waals surface area contributed by atoms with Gasteiger partial charge in [-0.2, -0.15) is 18.3 Å². The Hall–Kier alpha value is -4.02. The molecule has 4 aromatic rings. The lowest BCUT2D eigenvalue weighted by Gasteiger charge is -2.30. The summed E-state index contributed by atoms with van der Waals surface area (Å²) in [6, 6.07) is 6.25. The average molecular weight is 634 g/mol. The molecule has 46 heavy (non-hydrogen) atoms. The SMILES string of the molecule is CC(=O)c1cnc(N(Cc2cc(C)cc(C(F)(F)F)c2)Cc2cc3c(C)nn(C(C)(C)C)c3nc2N(CC2CC2)CC2CC2)nc1. The Morgan fingerprint density at radius 3 is 2.09 bits per heavy atom. The minimum atomic E-state index is -4.47. The minimum Gasteiger partial charge on any atom is -0.356 e. The summed E-state index contributed by atoms with van der Waals surface area (Å²) in [6.45, 7) is 13.7. The first-order valence-corrected chi connectivity index (χ1v) is 16.1. The van der Waals surface area contributed by atoms with Crippen LogP contribution in [0.2, 0.25) is 0 Å². The molecule has 11 heteroatoms. The van der Waals surface area contributed by atoms with Gasteiger partial charge in [-0.15, -0.1) is 0 Å². The molecule has 2 aliphatic carbocycles. The molecule has 2 fully saturated rings. The van der Waals surface area contributed by atoms with E-state index in [-0.39, 0.29) is 17.9 Å². The maximum absolute atomic E-state index is 13.8. The highest BCUT2D eigenvalue weighted by Gasteiger charge is 2.33. The molecule has 0 radical (unpaired) electrons. The second-order valence-corrected chi connectivity index (χ2v) is 14.2. The van der Waals surface area contributed by atoms with Crippen molar-refractivity contribution >= 4 is 28.6 Å². The maximum atomic E-state index is 13.8. The van der Waals surface area contributed by atoms with E-state index < -0.39 is 11.7 Å². The monoisotopic (exact) mass is 633 g/mol. The second kappa shape index (κ2) is 12.0. The van der Waals surface area contributed by atoms with Gasteiger partial charge in [0.1, 0.15) is 5.82 Å². The van der Waals surface area contributed by atoms with E-state index in [1.54, 1.807) is 13.0 Å². The first kappa shape index (κ1) is 31.9. The number of anilines is 2. The zero-order chi connectivity index (χ0) is 33.0. The van der Waals surface area contributed by atoms with E-state index in [1.165, 1.54) is 51.1 Å². The highest BCUT2D eigenvalue weighted by atomic mass is 19.4. The molecular formula is C35H42F3N7O. The van der Waals surface area contributed by atoms with Crippen LogP contribution in [0.3, 0.4) is 0 Å². The van der Waals surface area contributed by atoms with Gasteiger partial charge in [-0.3, -0.25) is 4.79 Å². The molecule has 0 amide bonds. The van der Waals surface area contributed by atoms with Crippen molar-refractivity contribution in [1.82, 2.24) is 24.7 Å². The number of pyridine rings is 1. The molecule has 244 valence electrons. The molecule has 0 N–H and O–H groups in total. The van der Waals surface area contributed by atoms with Crippen molar-refractivity contribution in [1.29, 1.82) is 0 Å². The van der Waals surface area contributed by atoms with Crippen molar-refractivity contribution in [2.45, 2.75) is 92.0 Å². The summed E-state index contributed by atoms with van der Waals surface area (Å²) >= 11 is 0. The predicted molar refractivity (Wildman–Crippen MR) is 173 cm³/mol. The van der Waals surface area contributed by atoms with Crippen LogP contribution in [0.15, 0.2) is 36.7 Å². The standard InChI is InChI=1S/C35H42F3N7O/c1-21-11-26(13-29(12-21)35(36,37)38)19-44(33-39-15-28(16-40-33)23(3)46)20-27-14-30-22(2)42-45(34(4,5)6)32(30)41-31(27)43(17-24-7-8-24)18-25-9-10-25/h11-16,24-25H,7-10,17-20H2,1-6H3. The Morgan fingerprint density at radius 1 is 0.913 bits per heavy atom. The van der Waals surface area contributed by atoms with Crippen molar-refractivity contribution in [3.05, 3.63) is 70.2 Å². The maximum Gasteiger partial charge on any atom is 0.416 e. The van der Waals surface area contributed by atoms with Crippen molar-refractivity contribution in [2.75, 3.05) is 22.9 Å². The van der Waals surface area contributed by atoms with Crippen LogP contribution in [-0.2, 0) is 24.8 Å². The first-order valence-electron chi connectivity index (χ1n) is 16.1. The van der Waals surface area contributed by atoms with Crippen LogP contribution in [-0.4, -0.2) is 43.6 Å². The number of alkyl halides is 3. The van der Waals surface area contributed by atoms with E-state index in [2.05, 4.69) is 41.7 Å². The van der Waals surface area contributed by atoms with E-state index >= 15 is 0 Å². The molecule has 0 unspecified atom stereocenters. The van der Waals surface area contributed by atoms with E-state index in [0.717, 1.165) is 47.3 Å². The van der Waals surface area contributed by atoms with Crippen LogP contribution in [0.25, 0.3) is 11.0 Å². The van der Waals surface area contributed by atoms with Crippen molar-refractivity contribution in [2.24, 2.45) is 11.8 Å². The Bertz CT molecular complexity index is 1740. The molecule has 0 atom stereocenters. The van der Waals surface area contributed by atoms with Gasteiger partial charge >= 0.3 is 6.18 Å². The molecular weight excluding hydrogens is 591 g/mol. The lowest BCUT2D eigenvalue weighted by molar-refractivity contribution is -0.137. The van der Waals surface area contributed by atoms with Crippen LogP contribution < -0.4 is 9.80 Å². The average Bonchev–Trinajstić information content (AvgIpc) is 3.91. The summed E-state index contributed by atoms with van der Waals surface area (Å²) in [5, 5.41) is 5.82. The highest BCUT2D eigenvalue weighted by molar-refractivity contribution is 5.93. The molecule has 0 aliphatic heterocycles. The summed E-state index contributed by atoms with van der Waals surface area (Å²) in [5.41, 5.74) is 3.03. The largest absolute Gasteiger partial charge is 0.416 e. The van der Waals surface area contributed by atoms with Crippen LogP contribution in [0.1, 0.15) is 91.7 Å². The molecule has 8 nitrogen and oxygen atoms in total. The van der Waals surface area contributed by atoms with Gasteiger partial charge in [0.05, 0.1) is 22.4 Å². The van der Waals surface area contributed by atoms with Crippen molar-refractivity contribution < 1.29 is 18.0 Å². The van der Waals surface area contributed by atoms with Gasteiger partial charge in [-0.1, -0.05) is 11.6 Å². The van der Waals surface area contributed by atoms with Crippen LogP contribution in [0, 0.1) is 25.7 Å². The number of halogens is 3. The summed E-state index contributed by atoms with van der Waals surface area (Å²) < 4.78 is 43.4. The number of carbonyl (C=O) groups excluding carboxylic acids is 1. The molecule has 2 saturated carbocycles. The van der Waals surface area contributed by atoms with Gasteiger partial charge in [0.15, 0.2) is 11.4 Å². The van der Waals surface area contributed by atoms with Gasteiger partial charge in [0.2, 0.25) is 5.95 Å². The number of fused-ring (bicyclic) bond motifs is 1. The van der Waals surface area contributed by atoms with Gasteiger partial charge < -0.3 is 9.80 Å². The normalized spacial score (nSPS) is 15.4. The van der Waals surface area contributed by atoms with E-state index in [4.69, 9.17) is 10.1 Å². The fourth-order valence-electron chi connectivity index (χ4n) is 5.95. The summed E-state index contributed by atoms with van der Waals surface area (Å²) in [4.78, 5) is 30.7.